The predicted octanol–water partition coefficient (Wildman–Crippen LogP) is 2.74. The number of benzene rings is 1. The zero-order chi connectivity index (χ0) is 21.4. The number of H-pyrrole nitrogens is 1. The summed E-state index contributed by atoms with van der Waals surface area (Å²) in [7, 11) is 0. The third-order valence-electron chi connectivity index (χ3n) is 5.79. The molecule has 0 spiro atoms. The van der Waals surface area contributed by atoms with Crippen molar-refractivity contribution in [3.05, 3.63) is 46.0 Å². The highest BCUT2D eigenvalue weighted by Gasteiger charge is 2.36. The molecule has 30 heavy (non-hydrogen) atoms. The lowest BCUT2D eigenvalue weighted by atomic mass is 9.92. The molecule has 0 saturated carbocycles. The predicted molar refractivity (Wildman–Crippen MR) is 111 cm³/mol. The van der Waals surface area contributed by atoms with Crippen LogP contribution in [0.25, 0.3) is 0 Å². The second kappa shape index (κ2) is 7.89. The highest BCUT2D eigenvalue weighted by molar-refractivity contribution is 6.04. The van der Waals surface area contributed by atoms with Crippen LogP contribution in [0.5, 0.6) is 0 Å². The van der Waals surface area contributed by atoms with Crippen LogP contribution in [0, 0.1) is 5.82 Å². The van der Waals surface area contributed by atoms with Crippen LogP contribution in [0.4, 0.5) is 21.8 Å². The van der Waals surface area contributed by atoms with Gasteiger partial charge in [-0.2, -0.15) is 4.98 Å². The van der Waals surface area contributed by atoms with Crippen LogP contribution >= 0.6 is 0 Å². The van der Waals surface area contributed by atoms with E-state index in [0.717, 1.165) is 19.3 Å². The van der Waals surface area contributed by atoms with Crippen LogP contribution in [0.15, 0.2) is 29.1 Å². The van der Waals surface area contributed by atoms with Crippen molar-refractivity contribution < 1.29 is 14.0 Å². The van der Waals surface area contributed by atoms with E-state index >= 15 is 0 Å². The summed E-state index contributed by atoms with van der Waals surface area (Å²) >= 11 is 0. The van der Waals surface area contributed by atoms with E-state index in [4.69, 9.17) is 0 Å². The lowest BCUT2D eigenvalue weighted by Crippen LogP contribution is -2.46. The Morgan fingerprint density at radius 3 is 2.67 bits per heavy atom. The van der Waals surface area contributed by atoms with Gasteiger partial charge >= 0.3 is 0 Å². The molecular formula is C21H24FN5O3. The van der Waals surface area contributed by atoms with Crippen molar-refractivity contribution in [3.63, 3.8) is 0 Å². The third-order valence-corrected chi connectivity index (χ3v) is 5.79. The Kier molecular flexibility index (Phi) is 5.27. The van der Waals surface area contributed by atoms with Crippen molar-refractivity contribution in [2.45, 2.75) is 57.5 Å². The molecule has 0 aliphatic carbocycles. The summed E-state index contributed by atoms with van der Waals surface area (Å²) in [5, 5.41) is 5.21. The molecule has 3 N–H and O–H groups in total. The standard InChI is InChI=1S/C21H24FN5O3/c1-11-5-3-6-12(2)27(11)21-25-18-17(20(30)26-21)15(10-16(28)24-18)19(29)23-14-8-4-7-13(22)9-14/h4,7-9,11-12,15H,3,5-6,10H2,1-2H3,(H,23,29)(H2,24,25,26,28,30). The maximum atomic E-state index is 13.4. The quantitative estimate of drug-likeness (QED) is 0.717. The number of anilines is 3. The van der Waals surface area contributed by atoms with E-state index < -0.39 is 29.1 Å². The van der Waals surface area contributed by atoms with Crippen LogP contribution in [-0.4, -0.2) is 33.9 Å². The first-order valence-electron chi connectivity index (χ1n) is 10.1. The fourth-order valence-corrected chi connectivity index (χ4v) is 4.34. The number of rotatable bonds is 3. The minimum absolute atomic E-state index is 0.106. The number of piperidine rings is 1. The van der Waals surface area contributed by atoms with Crippen molar-refractivity contribution in [1.82, 2.24) is 9.97 Å². The summed E-state index contributed by atoms with van der Waals surface area (Å²) < 4.78 is 13.4. The van der Waals surface area contributed by atoms with Gasteiger partial charge in [0.1, 0.15) is 11.6 Å². The first-order valence-corrected chi connectivity index (χ1v) is 10.1. The summed E-state index contributed by atoms with van der Waals surface area (Å²) in [5.74, 6) is -1.97. The van der Waals surface area contributed by atoms with Crippen LogP contribution < -0.4 is 21.1 Å². The van der Waals surface area contributed by atoms with Crippen LogP contribution in [-0.2, 0) is 9.59 Å². The first kappa shape index (κ1) is 20.1. The normalized spacial score (nSPS) is 23.5. The molecule has 2 aliphatic rings. The molecule has 2 aromatic rings. The highest BCUT2D eigenvalue weighted by Crippen LogP contribution is 2.32. The summed E-state index contributed by atoms with van der Waals surface area (Å²) in [4.78, 5) is 47.4. The third kappa shape index (κ3) is 3.79. The van der Waals surface area contributed by atoms with Crippen molar-refractivity contribution in [2.75, 3.05) is 15.5 Å². The van der Waals surface area contributed by atoms with Crippen molar-refractivity contribution in [1.29, 1.82) is 0 Å². The van der Waals surface area contributed by atoms with E-state index in [0.29, 0.717) is 5.95 Å². The Morgan fingerprint density at radius 2 is 1.97 bits per heavy atom. The van der Waals surface area contributed by atoms with Gasteiger partial charge in [-0.3, -0.25) is 19.4 Å². The Hall–Kier alpha value is -3.23. The second-order valence-electron chi connectivity index (χ2n) is 7.99. The van der Waals surface area contributed by atoms with E-state index in [1.807, 2.05) is 4.90 Å². The van der Waals surface area contributed by atoms with E-state index in [-0.39, 0.29) is 35.6 Å². The van der Waals surface area contributed by atoms with E-state index in [1.54, 1.807) is 0 Å². The Morgan fingerprint density at radius 1 is 1.23 bits per heavy atom. The average Bonchev–Trinajstić information content (AvgIpc) is 2.67. The van der Waals surface area contributed by atoms with Gasteiger partial charge in [-0.1, -0.05) is 6.07 Å². The monoisotopic (exact) mass is 413 g/mol. The van der Waals surface area contributed by atoms with E-state index in [2.05, 4.69) is 34.4 Å². The number of nitrogens with one attached hydrogen (secondary N) is 3. The molecule has 3 atom stereocenters. The molecule has 8 nitrogen and oxygen atoms in total. The smallest absolute Gasteiger partial charge is 0.258 e. The number of halogens is 1. The number of carbonyl (C=O) groups is 2. The largest absolute Gasteiger partial charge is 0.337 e. The van der Waals surface area contributed by atoms with E-state index in [9.17, 15) is 18.8 Å². The summed E-state index contributed by atoms with van der Waals surface area (Å²) in [6.45, 7) is 4.14. The van der Waals surface area contributed by atoms with Gasteiger partial charge in [0, 0.05) is 24.2 Å². The molecule has 3 unspecified atom stereocenters. The number of carbonyl (C=O) groups excluding carboxylic acids is 2. The number of fused-ring (bicyclic) bond motifs is 1. The number of nitrogens with zero attached hydrogens (tertiary/aromatic N) is 2. The zero-order valence-electron chi connectivity index (χ0n) is 16.9. The number of amides is 2. The van der Waals surface area contributed by atoms with Gasteiger partial charge in [0.25, 0.3) is 5.56 Å². The number of hydrogen-bond donors (Lipinski definition) is 3. The Bertz CT molecular complexity index is 1040. The Balaban J connectivity index is 1.68. The van der Waals surface area contributed by atoms with Crippen molar-refractivity contribution >= 4 is 29.3 Å². The average molecular weight is 413 g/mol. The zero-order valence-corrected chi connectivity index (χ0v) is 16.9. The molecule has 1 fully saturated rings. The lowest BCUT2D eigenvalue weighted by Gasteiger charge is -2.39. The molecule has 0 radical (unpaired) electrons. The fraction of sp³-hybridized carbons (Fsp3) is 0.429. The number of aromatic nitrogens is 2. The van der Waals surface area contributed by atoms with Gasteiger partial charge in [-0.05, 0) is 51.3 Å². The summed E-state index contributed by atoms with van der Waals surface area (Å²) in [5.41, 5.74) is -0.0894. The fourth-order valence-electron chi connectivity index (χ4n) is 4.34. The highest BCUT2D eigenvalue weighted by atomic mass is 19.1. The molecule has 3 heterocycles. The molecular weight excluding hydrogens is 389 g/mol. The molecule has 2 aliphatic heterocycles. The number of aromatic amines is 1. The molecule has 4 rings (SSSR count). The Labute approximate surface area is 172 Å². The molecule has 1 aromatic carbocycles. The van der Waals surface area contributed by atoms with Crippen LogP contribution in [0.1, 0.15) is 51.0 Å². The van der Waals surface area contributed by atoms with Gasteiger partial charge in [-0.25, -0.2) is 4.39 Å². The van der Waals surface area contributed by atoms with Crippen molar-refractivity contribution in [2.24, 2.45) is 0 Å². The molecule has 2 amide bonds. The second-order valence-corrected chi connectivity index (χ2v) is 7.99. The SMILES string of the molecule is CC1CCCC(C)N1c1nc2c(c(=O)[nH]1)C(C(=O)Nc1cccc(F)c1)CC(=O)N2. The van der Waals surface area contributed by atoms with Gasteiger partial charge in [0.2, 0.25) is 17.8 Å². The minimum Gasteiger partial charge on any atom is -0.337 e. The summed E-state index contributed by atoms with van der Waals surface area (Å²) in [6.07, 6.45) is 2.88. The maximum Gasteiger partial charge on any atom is 0.258 e. The lowest BCUT2D eigenvalue weighted by molar-refractivity contribution is -0.123. The van der Waals surface area contributed by atoms with Gasteiger partial charge in [0.05, 0.1) is 11.5 Å². The molecule has 1 saturated heterocycles. The minimum atomic E-state index is -1.02. The summed E-state index contributed by atoms with van der Waals surface area (Å²) in [6, 6.07) is 5.83. The first-order chi connectivity index (χ1) is 14.3. The van der Waals surface area contributed by atoms with Crippen molar-refractivity contribution in [3.8, 4) is 0 Å². The molecule has 1 aromatic heterocycles. The van der Waals surface area contributed by atoms with Crippen LogP contribution in [0.3, 0.4) is 0 Å². The van der Waals surface area contributed by atoms with Gasteiger partial charge in [-0.15, -0.1) is 0 Å². The van der Waals surface area contributed by atoms with E-state index in [1.165, 1.54) is 24.3 Å². The number of hydrogen-bond acceptors (Lipinski definition) is 5. The molecule has 9 heteroatoms. The topological polar surface area (TPSA) is 107 Å². The molecule has 158 valence electrons. The van der Waals surface area contributed by atoms with Gasteiger partial charge in [0.15, 0.2) is 0 Å². The van der Waals surface area contributed by atoms with Crippen LogP contribution in [0.2, 0.25) is 0 Å². The molecule has 0 bridgehead atoms. The maximum absolute atomic E-state index is 13.4. The van der Waals surface area contributed by atoms with Gasteiger partial charge < -0.3 is 15.5 Å².